The van der Waals surface area contributed by atoms with E-state index in [1.54, 1.807) is 5.32 Å². The average molecular weight is 398 g/mol. The third-order valence-electron chi connectivity index (χ3n) is 4.30. The number of carbonyl (C=O) groups excluding carboxylic acids is 1. The van der Waals surface area contributed by atoms with Crippen LogP contribution in [0, 0.1) is 0 Å². The molecule has 0 aromatic heterocycles. The monoisotopic (exact) mass is 398 g/mol. The molecule has 0 atom stereocenters. The first-order valence-corrected chi connectivity index (χ1v) is 9.63. The molecule has 1 N–H and O–H groups in total. The Balaban J connectivity index is 1.73. The van der Waals surface area contributed by atoms with E-state index in [0.717, 1.165) is 11.1 Å². The van der Waals surface area contributed by atoms with Gasteiger partial charge in [-0.1, -0.05) is 24.3 Å². The molecule has 1 aliphatic heterocycles. The number of hydrogen-bond acceptors (Lipinski definition) is 3. The van der Waals surface area contributed by atoms with Crippen molar-refractivity contribution in [2.24, 2.45) is 0 Å². The molecule has 0 bridgehead atoms. The molecule has 1 heterocycles. The molecule has 9 heteroatoms. The van der Waals surface area contributed by atoms with E-state index >= 15 is 0 Å². The van der Waals surface area contributed by atoms with Gasteiger partial charge in [0.05, 0.1) is 4.90 Å². The fraction of sp³-hybridized carbons (Fsp3) is 0.278. The summed E-state index contributed by atoms with van der Waals surface area (Å²) in [7, 11) is -3.76. The number of sulfonamides is 1. The first-order chi connectivity index (χ1) is 12.7. The molecule has 1 amide bonds. The summed E-state index contributed by atoms with van der Waals surface area (Å²) in [4.78, 5) is 11.7. The van der Waals surface area contributed by atoms with Gasteiger partial charge in [0.2, 0.25) is 10.0 Å². The predicted octanol–water partition coefficient (Wildman–Crippen LogP) is 2.73. The van der Waals surface area contributed by atoms with E-state index in [-0.39, 0.29) is 17.0 Å². The van der Waals surface area contributed by atoms with Crippen LogP contribution in [0.1, 0.15) is 21.5 Å². The van der Waals surface area contributed by atoms with Crippen molar-refractivity contribution in [3.05, 3.63) is 65.2 Å². The molecule has 0 saturated heterocycles. The maximum atomic E-state index is 12.8. The van der Waals surface area contributed by atoms with Gasteiger partial charge < -0.3 is 5.32 Å². The third-order valence-corrected chi connectivity index (χ3v) is 6.16. The molecule has 0 radical (unpaired) electrons. The summed E-state index contributed by atoms with van der Waals surface area (Å²) in [5.41, 5.74) is 2.01. The molecular weight excluding hydrogens is 381 g/mol. The molecular formula is C18H17F3N2O3S. The van der Waals surface area contributed by atoms with Gasteiger partial charge in [0, 0.05) is 18.7 Å². The fourth-order valence-corrected chi connectivity index (χ4v) is 4.30. The lowest BCUT2D eigenvalue weighted by Gasteiger charge is -2.28. The topological polar surface area (TPSA) is 66.5 Å². The number of rotatable bonds is 4. The number of nitrogens with zero attached hydrogens (tertiary/aromatic N) is 1. The van der Waals surface area contributed by atoms with Crippen molar-refractivity contribution in [3.63, 3.8) is 0 Å². The molecule has 144 valence electrons. The molecule has 27 heavy (non-hydrogen) atoms. The molecule has 1 aliphatic rings. The molecule has 3 rings (SSSR count). The second-order valence-corrected chi connectivity index (χ2v) is 8.12. The number of nitrogens with one attached hydrogen (secondary N) is 1. The summed E-state index contributed by atoms with van der Waals surface area (Å²) in [6, 6.07) is 12.5. The summed E-state index contributed by atoms with van der Waals surface area (Å²) in [5, 5.41) is 1.75. The molecule has 5 nitrogen and oxygen atoms in total. The van der Waals surface area contributed by atoms with Crippen LogP contribution in [0.15, 0.2) is 53.4 Å². The lowest BCUT2D eigenvalue weighted by Crippen LogP contribution is -2.36. The lowest BCUT2D eigenvalue weighted by molar-refractivity contribution is -0.123. The second kappa shape index (κ2) is 7.32. The van der Waals surface area contributed by atoms with Crippen molar-refractivity contribution >= 4 is 15.9 Å². The number of amides is 1. The highest BCUT2D eigenvalue weighted by molar-refractivity contribution is 7.89. The second-order valence-electron chi connectivity index (χ2n) is 6.18. The maximum Gasteiger partial charge on any atom is 0.405 e. The minimum Gasteiger partial charge on any atom is -0.343 e. The first kappa shape index (κ1) is 19.4. The van der Waals surface area contributed by atoms with Gasteiger partial charge in [-0.25, -0.2) is 8.42 Å². The highest BCUT2D eigenvalue weighted by Crippen LogP contribution is 2.25. The van der Waals surface area contributed by atoms with Crippen LogP contribution in [0.2, 0.25) is 0 Å². The van der Waals surface area contributed by atoms with Crippen LogP contribution >= 0.6 is 0 Å². The minimum atomic E-state index is -4.51. The molecule has 2 aromatic carbocycles. The van der Waals surface area contributed by atoms with E-state index in [2.05, 4.69) is 0 Å². The van der Waals surface area contributed by atoms with Gasteiger partial charge in [-0.3, -0.25) is 4.79 Å². The smallest absolute Gasteiger partial charge is 0.343 e. The Morgan fingerprint density at radius 2 is 1.67 bits per heavy atom. The normalized spacial score (nSPS) is 15.2. The van der Waals surface area contributed by atoms with E-state index in [4.69, 9.17) is 0 Å². The molecule has 0 aliphatic carbocycles. The zero-order valence-corrected chi connectivity index (χ0v) is 15.0. The standard InChI is InChI=1S/C18H17F3N2O3S/c19-18(20,21)12-22-17(24)14-5-7-16(8-6-14)27(25,26)23-10-9-13-3-1-2-4-15(13)11-23/h1-8H,9-12H2,(H,22,24). The van der Waals surface area contributed by atoms with Crippen molar-refractivity contribution in [3.8, 4) is 0 Å². The zero-order chi connectivity index (χ0) is 19.7. The van der Waals surface area contributed by atoms with Gasteiger partial charge in [-0.15, -0.1) is 0 Å². The van der Waals surface area contributed by atoms with Gasteiger partial charge in [0.25, 0.3) is 5.91 Å². The van der Waals surface area contributed by atoms with Crippen LogP contribution in [0.3, 0.4) is 0 Å². The lowest BCUT2D eigenvalue weighted by atomic mass is 10.0. The Bertz CT molecular complexity index is 941. The Morgan fingerprint density at radius 3 is 2.30 bits per heavy atom. The van der Waals surface area contributed by atoms with Crippen LogP contribution in [0.4, 0.5) is 13.2 Å². The Morgan fingerprint density at radius 1 is 1.04 bits per heavy atom. The number of benzene rings is 2. The van der Waals surface area contributed by atoms with Crippen LogP contribution in [0.5, 0.6) is 0 Å². The fourth-order valence-electron chi connectivity index (χ4n) is 2.88. The third kappa shape index (κ3) is 4.48. The summed E-state index contributed by atoms with van der Waals surface area (Å²) in [5.74, 6) is -0.914. The molecule has 0 fully saturated rings. The van der Waals surface area contributed by atoms with Gasteiger partial charge in [-0.05, 0) is 41.8 Å². The molecule has 2 aromatic rings. The quantitative estimate of drug-likeness (QED) is 0.861. The van der Waals surface area contributed by atoms with Crippen molar-refractivity contribution in [1.29, 1.82) is 0 Å². The predicted molar refractivity (Wildman–Crippen MR) is 92.6 cm³/mol. The Hall–Kier alpha value is -2.39. The number of carbonyl (C=O) groups is 1. The van der Waals surface area contributed by atoms with E-state index in [1.165, 1.54) is 28.6 Å². The van der Waals surface area contributed by atoms with Crippen molar-refractivity contribution in [2.45, 2.75) is 24.0 Å². The Labute approximate surface area is 154 Å². The average Bonchev–Trinajstić information content (AvgIpc) is 2.65. The van der Waals surface area contributed by atoms with Crippen molar-refractivity contribution in [1.82, 2.24) is 9.62 Å². The van der Waals surface area contributed by atoms with E-state index in [9.17, 15) is 26.4 Å². The first-order valence-electron chi connectivity index (χ1n) is 8.19. The van der Waals surface area contributed by atoms with Crippen LogP contribution in [-0.4, -0.2) is 37.9 Å². The molecule has 0 spiro atoms. The number of alkyl halides is 3. The highest BCUT2D eigenvalue weighted by Gasteiger charge is 2.29. The van der Waals surface area contributed by atoms with Gasteiger partial charge >= 0.3 is 6.18 Å². The SMILES string of the molecule is O=C(NCC(F)(F)F)c1ccc(S(=O)(=O)N2CCc3ccccc3C2)cc1. The Kier molecular flexibility index (Phi) is 5.25. The zero-order valence-electron chi connectivity index (χ0n) is 14.2. The largest absolute Gasteiger partial charge is 0.405 e. The summed E-state index contributed by atoms with van der Waals surface area (Å²) >= 11 is 0. The number of fused-ring (bicyclic) bond motifs is 1. The van der Waals surface area contributed by atoms with Gasteiger partial charge in [-0.2, -0.15) is 17.5 Å². The molecule has 0 saturated carbocycles. The van der Waals surface area contributed by atoms with E-state index < -0.39 is 28.7 Å². The number of hydrogen-bond donors (Lipinski definition) is 1. The molecule has 0 unspecified atom stereocenters. The van der Waals surface area contributed by atoms with Crippen molar-refractivity contribution in [2.75, 3.05) is 13.1 Å². The minimum absolute atomic E-state index is 0.00532. The van der Waals surface area contributed by atoms with Gasteiger partial charge in [0.1, 0.15) is 6.54 Å². The summed E-state index contributed by atoms with van der Waals surface area (Å²) < 4.78 is 63.5. The van der Waals surface area contributed by atoms with Crippen LogP contribution in [-0.2, 0) is 23.0 Å². The van der Waals surface area contributed by atoms with Crippen molar-refractivity contribution < 1.29 is 26.4 Å². The maximum absolute atomic E-state index is 12.8. The van der Waals surface area contributed by atoms with Gasteiger partial charge in [0.15, 0.2) is 0 Å². The van der Waals surface area contributed by atoms with Crippen LogP contribution < -0.4 is 5.32 Å². The summed E-state index contributed by atoms with van der Waals surface area (Å²) in [6.07, 6.45) is -3.91. The highest BCUT2D eigenvalue weighted by atomic mass is 32.2. The van der Waals surface area contributed by atoms with Crippen LogP contribution in [0.25, 0.3) is 0 Å². The summed E-state index contributed by atoms with van der Waals surface area (Å²) in [6.45, 7) is -0.849. The van der Waals surface area contributed by atoms with E-state index in [0.29, 0.717) is 13.0 Å². The van der Waals surface area contributed by atoms with E-state index in [1.807, 2.05) is 24.3 Å². The number of halogens is 3.